The molecule has 1 fully saturated rings. The van der Waals surface area contributed by atoms with Gasteiger partial charge in [-0.1, -0.05) is 6.92 Å². The monoisotopic (exact) mass is 259 g/mol. The van der Waals surface area contributed by atoms with Crippen molar-refractivity contribution in [3.8, 4) is 6.07 Å². The Kier molecular flexibility index (Phi) is 4.75. The van der Waals surface area contributed by atoms with Crippen molar-refractivity contribution < 1.29 is 4.74 Å². The fourth-order valence-corrected chi connectivity index (χ4v) is 2.42. The van der Waals surface area contributed by atoms with Gasteiger partial charge < -0.3 is 9.64 Å². The second kappa shape index (κ2) is 6.53. The van der Waals surface area contributed by atoms with Crippen molar-refractivity contribution in [2.75, 3.05) is 24.6 Å². The molecule has 0 amide bonds. The van der Waals surface area contributed by atoms with Gasteiger partial charge in [-0.15, -0.1) is 0 Å². The number of rotatable bonds is 4. The molecule has 1 aliphatic heterocycles. The van der Waals surface area contributed by atoms with E-state index in [0.717, 1.165) is 50.5 Å². The van der Waals surface area contributed by atoms with Crippen molar-refractivity contribution in [3.05, 3.63) is 23.4 Å². The molecule has 1 atom stereocenters. The first-order valence-corrected chi connectivity index (χ1v) is 6.99. The largest absolute Gasteiger partial charge is 0.376 e. The second-order valence-corrected chi connectivity index (χ2v) is 5.02. The molecule has 2 heterocycles. The van der Waals surface area contributed by atoms with Gasteiger partial charge >= 0.3 is 0 Å². The number of ether oxygens (including phenoxy) is 1. The first kappa shape index (κ1) is 13.8. The molecule has 2 rings (SSSR count). The van der Waals surface area contributed by atoms with Crippen LogP contribution in [0, 0.1) is 18.3 Å². The van der Waals surface area contributed by atoms with E-state index in [2.05, 4.69) is 22.9 Å². The SMILES string of the molecule is CCCOC1CCCN(c2nc(C)ccc2C#N)C1. The minimum atomic E-state index is 0.266. The highest BCUT2D eigenvalue weighted by Crippen LogP contribution is 2.23. The van der Waals surface area contributed by atoms with Crippen LogP contribution in [-0.2, 0) is 4.74 Å². The molecule has 1 aliphatic rings. The van der Waals surface area contributed by atoms with Gasteiger partial charge in [0.05, 0.1) is 11.7 Å². The molecule has 1 unspecified atom stereocenters. The smallest absolute Gasteiger partial charge is 0.146 e. The summed E-state index contributed by atoms with van der Waals surface area (Å²) in [4.78, 5) is 6.72. The van der Waals surface area contributed by atoms with Crippen LogP contribution in [0.25, 0.3) is 0 Å². The molecule has 0 radical (unpaired) electrons. The van der Waals surface area contributed by atoms with Crippen LogP contribution in [0.4, 0.5) is 5.82 Å². The lowest BCUT2D eigenvalue weighted by atomic mass is 10.1. The molecule has 0 aromatic carbocycles. The molecule has 102 valence electrons. The number of nitriles is 1. The summed E-state index contributed by atoms with van der Waals surface area (Å²) in [7, 11) is 0. The number of pyridine rings is 1. The second-order valence-electron chi connectivity index (χ2n) is 5.02. The Labute approximate surface area is 115 Å². The zero-order valence-corrected chi connectivity index (χ0v) is 11.7. The summed E-state index contributed by atoms with van der Waals surface area (Å²) in [5.41, 5.74) is 1.60. The average molecular weight is 259 g/mol. The van der Waals surface area contributed by atoms with E-state index in [0.29, 0.717) is 5.56 Å². The highest BCUT2D eigenvalue weighted by molar-refractivity contribution is 5.54. The van der Waals surface area contributed by atoms with Crippen LogP contribution >= 0.6 is 0 Å². The summed E-state index contributed by atoms with van der Waals surface area (Å²) >= 11 is 0. The van der Waals surface area contributed by atoms with Gasteiger partial charge in [-0.05, 0) is 38.3 Å². The first-order valence-electron chi connectivity index (χ1n) is 6.99. The van der Waals surface area contributed by atoms with Crippen LogP contribution in [-0.4, -0.2) is 30.8 Å². The van der Waals surface area contributed by atoms with E-state index in [1.54, 1.807) is 0 Å². The van der Waals surface area contributed by atoms with Gasteiger partial charge in [0.15, 0.2) is 0 Å². The first-order chi connectivity index (χ1) is 9.24. The zero-order chi connectivity index (χ0) is 13.7. The number of nitrogens with zero attached hydrogens (tertiary/aromatic N) is 3. The van der Waals surface area contributed by atoms with E-state index >= 15 is 0 Å². The number of hydrogen-bond donors (Lipinski definition) is 0. The zero-order valence-electron chi connectivity index (χ0n) is 11.7. The van der Waals surface area contributed by atoms with E-state index in [4.69, 9.17) is 4.74 Å². The Morgan fingerprint density at radius 3 is 3.11 bits per heavy atom. The number of aromatic nitrogens is 1. The maximum absolute atomic E-state index is 9.20. The molecule has 0 aliphatic carbocycles. The van der Waals surface area contributed by atoms with E-state index in [-0.39, 0.29) is 6.10 Å². The maximum atomic E-state index is 9.20. The van der Waals surface area contributed by atoms with Gasteiger partial charge in [-0.3, -0.25) is 0 Å². The lowest BCUT2D eigenvalue weighted by Crippen LogP contribution is -2.40. The Morgan fingerprint density at radius 1 is 1.53 bits per heavy atom. The maximum Gasteiger partial charge on any atom is 0.146 e. The van der Waals surface area contributed by atoms with Crippen LogP contribution in [0.15, 0.2) is 12.1 Å². The summed E-state index contributed by atoms with van der Waals surface area (Å²) in [6, 6.07) is 5.97. The highest BCUT2D eigenvalue weighted by atomic mass is 16.5. The molecular formula is C15H21N3O. The van der Waals surface area contributed by atoms with Gasteiger partial charge in [0.2, 0.25) is 0 Å². The van der Waals surface area contributed by atoms with E-state index in [9.17, 15) is 5.26 Å². The molecule has 1 saturated heterocycles. The number of hydrogen-bond acceptors (Lipinski definition) is 4. The Hall–Kier alpha value is -1.60. The van der Waals surface area contributed by atoms with Crippen molar-refractivity contribution in [2.24, 2.45) is 0 Å². The predicted octanol–water partition coefficient (Wildman–Crippen LogP) is 2.66. The van der Waals surface area contributed by atoms with Gasteiger partial charge in [-0.2, -0.15) is 5.26 Å². The minimum absolute atomic E-state index is 0.266. The van der Waals surface area contributed by atoms with Crippen molar-refractivity contribution in [3.63, 3.8) is 0 Å². The number of anilines is 1. The lowest BCUT2D eigenvalue weighted by Gasteiger charge is -2.34. The summed E-state index contributed by atoms with van der Waals surface area (Å²) in [5, 5.41) is 9.20. The molecule has 0 spiro atoms. The molecule has 0 N–H and O–H groups in total. The third kappa shape index (κ3) is 3.45. The van der Waals surface area contributed by atoms with E-state index in [1.807, 2.05) is 19.1 Å². The van der Waals surface area contributed by atoms with Crippen LogP contribution in [0.5, 0.6) is 0 Å². The number of aryl methyl sites for hydroxylation is 1. The normalized spacial score (nSPS) is 19.2. The summed E-state index contributed by atoms with van der Waals surface area (Å²) < 4.78 is 5.84. The third-order valence-electron chi connectivity index (χ3n) is 3.37. The van der Waals surface area contributed by atoms with Crippen LogP contribution in [0.2, 0.25) is 0 Å². The summed E-state index contributed by atoms with van der Waals surface area (Å²) in [6.45, 7) is 6.68. The number of piperidine rings is 1. The third-order valence-corrected chi connectivity index (χ3v) is 3.37. The Bertz CT molecular complexity index is 467. The van der Waals surface area contributed by atoms with Crippen LogP contribution in [0.3, 0.4) is 0 Å². The Morgan fingerprint density at radius 2 is 2.37 bits per heavy atom. The van der Waals surface area contributed by atoms with Crippen LogP contribution < -0.4 is 4.90 Å². The predicted molar refractivity (Wildman–Crippen MR) is 75.2 cm³/mol. The van der Waals surface area contributed by atoms with Crippen molar-refractivity contribution in [2.45, 2.75) is 39.2 Å². The average Bonchev–Trinajstić information content (AvgIpc) is 2.45. The van der Waals surface area contributed by atoms with Crippen molar-refractivity contribution >= 4 is 5.82 Å². The fourth-order valence-electron chi connectivity index (χ4n) is 2.42. The van der Waals surface area contributed by atoms with E-state index < -0.39 is 0 Å². The molecule has 1 aromatic rings. The fraction of sp³-hybridized carbons (Fsp3) is 0.600. The molecule has 19 heavy (non-hydrogen) atoms. The van der Waals surface area contributed by atoms with Crippen molar-refractivity contribution in [1.29, 1.82) is 5.26 Å². The van der Waals surface area contributed by atoms with Crippen molar-refractivity contribution in [1.82, 2.24) is 4.98 Å². The molecule has 1 aromatic heterocycles. The van der Waals surface area contributed by atoms with Gasteiger partial charge in [0.1, 0.15) is 11.9 Å². The Balaban J connectivity index is 2.13. The summed E-state index contributed by atoms with van der Waals surface area (Å²) in [5.74, 6) is 0.812. The van der Waals surface area contributed by atoms with Gasteiger partial charge in [0.25, 0.3) is 0 Å². The molecule has 4 nitrogen and oxygen atoms in total. The minimum Gasteiger partial charge on any atom is -0.376 e. The van der Waals surface area contributed by atoms with Crippen LogP contribution in [0.1, 0.15) is 37.4 Å². The quantitative estimate of drug-likeness (QED) is 0.834. The molecule has 0 bridgehead atoms. The molecular weight excluding hydrogens is 238 g/mol. The topological polar surface area (TPSA) is 49.1 Å². The molecule has 0 saturated carbocycles. The highest BCUT2D eigenvalue weighted by Gasteiger charge is 2.23. The van der Waals surface area contributed by atoms with E-state index in [1.165, 1.54) is 0 Å². The lowest BCUT2D eigenvalue weighted by molar-refractivity contribution is 0.0439. The van der Waals surface area contributed by atoms with Gasteiger partial charge in [-0.25, -0.2) is 4.98 Å². The molecule has 4 heteroatoms. The van der Waals surface area contributed by atoms with Gasteiger partial charge in [0, 0.05) is 25.4 Å². The standard InChI is InChI=1S/C15H21N3O/c1-3-9-19-14-5-4-8-18(11-14)15-13(10-16)7-6-12(2)17-15/h6-7,14H,3-5,8-9,11H2,1-2H3. The summed E-state index contributed by atoms with van der Waals surface area (Å²) in [6.07, 6.45) is 3.50.